The van der Waals surface area contributed by atoms with Crippen molar-refractivity contribution in [3.05, 3.63) is 24.3 Å². The second kappa shape index (κ2) is 10.5. The molecule has 7 aliphatic rings. The third-order valence-corrected chi connectivity index (χ3v) is 12.9. The zero-order valence-corrected chi connectivity index (χ0v) is 25.8. The lowest BCUT2D eigenvalue weighted by molar-refractivity contribution is -0.145. The number of fused-ring (bicyclic) bond motifs is 2. The lowest BCUT2D eigenvalue weighted by Gasteiger charge is -2.59. The van der Waals surface area contributed by atoms with Crippen molar-refractivity contribution < 1.29 is 27.9 Å². The maximum absolute atomic E-state index is 13.7. The summed E-state index contributed by atoms with van der Waals surface area (Å²) < 4.78 is 31.2. The molecule has 43 heavy (non-hydrogen) atoms. The van der Waals surface area contributed by atoms with Gasteiger partial charge in [0.25, 0.3) is 0 Å². The van der Waals surface area contributed by atoms with Crippen LogP contribution < -0.4 is 20.7 Å². The molecule has 1 aromatic rings. The standard InChI is InChI=1S/C31H45N5O6S/c1-43(40,41)35-10-8-34(9-11-35)23-4-6-26(7-5-23)42-19-31(39)17-24-2-3-25(18-31)36(24)29(38)33-27-21-12-20-13-22(27)16-30(14-20,15-21)28(32)37/h4-7,20-22,24-25,27,39H,2-3,8-19H2,1H3,(H2,32,37)(H,33,38)/t20?,21-,22+,24?,25?,27?,30?,31?. The van der Waals surface area contributed by atoms with Gasteiger partial charge in [-0.1, -0.05) is 0 Å². The summed E-state index contributed by atoms with van der Waals surface area (Å²) >= 11 is 0. The van der Waals surface area contributed by atoms with E-state index in [0.29, 0.717) is 62.5 Å². The maximum atomic E-state index is 13.7. The summed E-state index contributed by atoms with van der Waals surface area (Å²) in [6.07, 6.45) is 8.64. The lowest BCUT2D eigenvalue weighted by atomic mass is 9.47. The van der Waals surface area contributed by atoms with Gasteiger partial charge < -0.3 is 30.7 Å². The predicted molar refractivity (Wildman–Crippen MR) is 161 cm³/mol. The molecule has 11 nitrogen and oxygen atoms in total. The number of hydrogen-bond donors (Lipinski definition) is 3. The topological polar surface area (TPSA) is 146 Å². The summed E-state index contributed by atoms with van der Waals surface area (Å²) in [6.45, 7) is 2.39. The van der Waals surface area contributed by atoms with Crippen molar-refractivity contribution in [3.63, 3.8) is 0 Å². The van der Waals surface area contributed by atoms with Crippen LogP contribution in [0.2, 0.25) is 0 Å². The summed E-state index contributed by atoms with van der Waals surface area (Å²) in [6, 6.07) is 7.78. The van der Waals surface area contributed by atoms with Crippen LogP contribution in [0.4, 0.5) is 10.5 Å². The molecule has 7 fully saturated rings. The monoisotopic (exact) mass is 615 g/mol. The third-order valence-electron chi connectivity index (χ3n) is 11.6. The van der Waals surface area contributed by atoms with E-state index in [0.717, 1.165) is 50.6 Å². The number of aliphatic hydroxyl groups is 1. The Bertz CT molecular complexity index is 1330. The molecule has 236 valence electrons. The Morgan fingerprint density at radius 2 is 1.58 bits per heavy atom. The maximum Gasteiger partial charge on any atom is 0.318 e. The van der Waals surface area contributed by atoms with E-state index >= 15 is 0 Å². The zero-order chi connectivity index (χ0) is 30.1. The minimum Gasteiger partial charge on any atom is -0.491 e. The van der Waals surface area contributed by atoms with Crippen LogP contribution in [-0.2, 0) is 14.8 Å². The van der Waals surface area contributed by atoms with E-state index in [1.54, 1.807) is 0 Å². The van der Waals surface area contributed by atoms with Crippen LogP contribution in [0.1, 0.15) is 57.8 Å². The molecule has 12 heteroatoms. The van der Waals surface area contributed by atoms with E-state index in [2.05, 4.69) is 10.2 Å². The third kappa shape index (κ3) is 5.37. The van der Waals surface area contributed by atoms with Gasteiger partial charge in [-0.05, 0) is 87.0 Å². The molecule has 5 unspecified atom stereocenters. The number of piperidine rings is 1. The quantitative estimate of drug-likeness (QED) is 0.425. The van der Waals surface area contributed by atoms with E-state index in [1.807, 2.05) is 29.2 Å². The molecular weight excluding hydrogens is 570 g/mol. The first-order chi connectivity index (χ1) is 20.4. The summed E-state index contributed by atoms with van der Waals surface area (Å²) in [5.41, 5.74) is 5.50. The van der Waals surface area contributed by atoms with Crippen molar-refractivity contribution in [3.8, 4) is 5.75 Å². The van der Waals surface area contributed by atoms with Crippen molar-refractivity contribution in [2.75, 3.05) is 43.9 Å². The molecule has 4 N–H and O–H groups in total. The Kier molecular flexibility index (Phi) is 7.13. The summed E-state index contributed by atoms with van der Waals surface area (Å²) in [5.74, 6) is 1.70. The summed E-state index contributed by atoms with van der Waals surface area (Å²) in [7, 11) is -3.17. The number of anilines is 1. The molecule has 3 aliphatic heterocycles. The van der Waals surface area contributed by atoms with Crippen molar-refractivity contribution in [1.82, 2.24) is 14.5 Å². The van der Waals surface area contributed by atoms with Crippen molar-refractivity contribution in [2.45, 2.75) is 81.5 Å². The fraction of sp³-hybridized carbons (Fsp3) is 0.742. The number of nitrogens with one attached hydrogen (secondary N) is 1. The second-order valence-corrected chi connectivity index (χ2v) is 16.4. The fourth-order valence-corrected chi connectivity index (χ4v) is 10.6. The van der Waals surface area contributed by atoms with Gasteiger partial charge in [0, 0.05) is 68.2 Å². The van der Waals surface area contributed by atoms with Gasteiger partial charge in [0.05, 0.1) is 6.26 Å². The molecular formula is C31H45N5O6S. The van der Waals surface area contributed by atoms with Crippen LogP contribution in [0.5, 0.6) is 5.75 Å². The Labute approximate surface area is 254 Å². The molecule has 7 atom stereocenters. The normalized spacial score (nSPS) is 38.7. The van der Waals surface area contributed by atoms with Crippen LogP contribution >= 0.6 is 0 Å². The van der Waals surface area contributed by atoms with Crippen molar-refractivity contribution in [2.24, 2.45) is 28.9 Å². The van der Waals surface area contributed by atoms with Gasteiger partial charge >= 0.3 is 6.03 Å². The number of sulfonamides is 1. The molecule has 8 rings (SSSR count). The van der Waals surface area contributed by atoms with Crippen LogP contribution in [0.15, 0.2) is 24.3 Å². The molecule has 3 saturated heterocycles. The van der Waals surface area contributed by atoms with Gasteiger partial charge in [-0.15, -0.1) is 0 Å². The Balaban J connectivity index is 0.925. The lowest BCUT2D eigenvalue weighted by Crippen LogP contribution is -2.64. The molecule has 4 saturated carbocycles. The largest absolute Gasteiger partial charge is 0.491 e. The van der Waals surface area contributed by atoms with Crippen molar-refractivity contribution >= 4 is 27.6 Å². The second-order valence-electron chi connectivity index (χ2n) is 14.4. The number of nitrogens with zero attached hydrogens (tertiary/aromatic N) is 3. The van der Waals surface area contributed by atoms with E-state index in [1.165, 1.54) is 10.6 Å². The van der Waals surface area contributed by atoms with Crippen LogP contribution in [0.3, 0.4) is 0 Å². The first-order valence-electron chi connectivity index (χ1n) is 16.0. The minimum absolute atomic E-state index is 0.0193. The Hall–Kier alpha value is -2.57. The van der Waals surface area contributed by atoms with E-state index in [9.17, 15) is 23.1 Å². The van der Waals surface area contributed by atoms with E-state index < -0.39 is 15.6 Å². The highest BCUT2D eigenvalue weighted by Gasteiger charge is 2.59. The summed E-state index contributed by atoms with van der Waals surface area (Å²) in [5, 5.41) is 14.9. The smallest absolute Gasteiger partial charge is 0.318 e. The summed E-state index contributed by atoms with van der Waals surface area (Å²) in [4.78, 5) is 30.1. The molecule has 0 aromatic heterocycles. The first kappa shape index (κ1) is 29.2. The average molecular weight is 616 g/mol. The number of carbonyl (C=O) groups is 2. The highest BCUT2D eigenvalue weighted by Crippen LogP contribution is 2.60. The van der Waals surface area contributed by atoms with E-state index in [4.69, 9.17) is 10.5 Å². The molecule has 0 radical (unpaired) electrons. The van der Waals surface area contributed by atoms with Gasteiger partial charge in [0.15, 0.2) is 0 Å². The number of urea groups is 1. The van der Waals surface area contributed by atoms with Crippen molar-refractivity contribution in [1.29, 1.82) is 0 Å². The number of ether oxygens (including phenoxy) is 1. The Morgan fingerprint density at radius 3 is 2.14 bits per heavy atom. The fourth-order valence-electron chi connectivity index (χ4n) is 9.80. The number of carbonyl (C=O) groups excluding carboxylic acids is 2. The molecule has 0 spiro atoms. The highest BCUT2D eigenvalue weighted by molar-refractivity contribution is 7.88. The van der Waals surface area contributed by atoms with Crippen LogP contribution in [0, 0.1) is 23.2 Å². The number of benzene rings is 1. The SMILES string of the molecule is CS(=O)(=O)N1CCN(c2ccc(OCC3(O)CC4CCC(C3)N4C(=O)NC3[C@@H]4CC5C[C@H]3CC(C(N)=O)(C5)C4)cc2)CC1. The predicted octanol–water partition coefficient (Wildman–Crippen LogP) is 1.89. The molecule has 3 amide bonds. The average Bonchev–Trinajstić information content (AvgIpc) is 3.25. The van der Waals surface area contributed by atoms with Crippen LogP contribution in [-0.4, -0.2) is 97.4 Å². The molecule has 3 heterocycles. The van der Waals surface area contributed by atoms with E-state index in [-0.39, 0.29) is 42.1 Å². The number of hydrogen-bond acceptors (Lipinski definition) is 7. The van der Waals surface area contributed by atoms with Gasteiger partial charge in [0.1, 0.15) is 18.0 Å². The van der Waals surface area contributed by atoms with Gasteiger partial charge in [-0.3, -0.25) is 4.79 Å². The first-order valence-corrected chi connectivity index (χ1v) is 17.8. The number of rotatable bonds is 7. The molecule has 6 bridgehead atoms. The van der Waals surface area contributed by atoms with Gasteiger partial charge in [0.2, 0.25) is 15.9 Å². The minimum atomic E-state index is -3.17. The highest BCUT2D eigenvalue weighted by atomic mass is 32.2. The number of primary amides is 1. The molecule has 4 aliphatic carbocycles. The van der Waals surface area contributed by atoms with Gasteiger partial charge in [-0.2, -0.15) is 4.31 Å². The number of nitrogens with two attached hydrogens (primary N) is 1. The number of amides is 3. The van der Waals surface area contributed by atoms with Crippen LogP contribution in [0.25, 0.3) is 0 Å². The Morgan fingerprint density at radius 1 is 0.977 bits per heavy atom. The number of piperazine rings is 1. The zero-order valence-electron chi connectivity index (χ0n) is 25.0. The molecule has 1 aromatic carbocycles. The van der Waals surface area contributed by atoms with Gasteiger partial charge in [-0.25, -0.2) is 13.2 Å².